The minimum absolute atomic E-state index is 0. The Balaban J connectivity index is 0.00000300. The summed E-state index contributed by atoms with van der Waals surface area (Å²) in [6.07, 6.45) is 1.57. The zero-order valence-electron chi connectivity index (χ0n) is 16.0. The summed E-state index contributed by atoms with van der Waals surface area (Å²) in [6.45, 7) is 5.03. The molecule has 1 saturated heterocycles. The number of hydrogen-bond donors (Lipinski definition) is 2. The van der Waals surface area contributed by atoms with Crippen LogP contribution in [0.2, 0.25) is 0 Å². The topological polar surface area (TPSA) is 92.5 Å². The number of nitrogens with two attached hydrogens (primary N) is 1. The number of carbonyl (C=O) groups is 1. The quantitative estimate of drug-likeness (QED) is 0.653. The van der Waals surface area contributed by atoms with Gasteiger partial charge in [0.2, 0.25) is 10.0 Å². The maximum Gasteiger partial charge on any atom is 0.251 e. The van der Waals surface area contributed by atoms with Gasteiger partial charge in [0.05, 0.1) is 4.90 Å². The largest absolute Gasteiger partial charge is 0.349 e. The average molecular weight is 436 g/mol. The van der Waals surface area contributed by atoms with E-state index in [0.29, 0.717) is 31.7 Å². The lowest BCUT2D eigenvalue weighted by atomic mass is 9.89. The molecule has 1 amide bonds. The first kappa shape index (κ1) is 23.1. The van der Waals surface area contributed by atoms with Crippen molar-refractivity contribution in [1.29, 1.82) is 0 Å². The molecule has 2 aromatic carbocycles. The predicted molar refractivity (Wildman–Crippen MR) is 117 cm³/mol. The van der Waals surface area contributed by atoms with Gasteiger partial charge in [-0.2, -0.15) is 4.31 Å². The molecule has 0 aromatic heterocycles. The Morgan fingerprint density at radius 3 is 2.55 bits per heavy atom. The molecule has 2 atom stereocenters. The van der Waals surface area contributed by atoms with E-state index >= 15 is 0 Å². The van der Waals surface area contributed by atoms with E-state index in [1.165, 1.54) is 16.4 Å². The first-order valence-electron chi connectivity index (χ1n) is 9.21. The van der Waals surface area contributed by atoms with E-state index in [2.05, 4.69) is 11.9 Å². The van der Waals surface area contributed by atoms with Gasteiger partial charge >= 0.3 is 0 Å². The maximum atomic E-state index is 13.2. The maximum absolute atomic E-state index is 13.2. The standard InChI is InChI=1S/C21H25N3O3S.ClH/c1-2-11-23-21(25)17-9-6-10-19(12-17)28(26,27)24-14-18(13-22)20(15-24)16-7-4-3-5-8-16;/h2-10,12,18,20H,1,11,13-15,22H2,(H,23,25);1H/t18-,20+;/m1./s1. The van der Waals surface area contributed by atoms with Crippen molar-refractivity contribution in [3.05, 3.63) is 78.4 Å². The number of sulfonamides is 1. The van der Waals surface area contributed by atoms with Crippen molar-refractivity contribution in [3.8, 4) is 0 Å². The molecule has 0 unspecified atom stereocenters. The van der Waals surface area contributed by atoms with Crippen LogP contribution >= 0.6 is 12.4 Å². The summed E-state index contributed by atoms with van der Waals surface area (Å²) in [5, 5.41) is 2.66. The van der Waals surface area contributed by atoms with Gasteiger partial charge in [0, 0.05) is 31.1 Å². The lowest BCUT2D eigenvalue weighted by Gasteiger charge is -2.17. The van der Waals surface area contributed by atoms with Crippen molar-refractivity contribution >= 4 is 28.3 Å². The van der Waals surface area contributed by atoms with Gasteiger partial charge in [0.15, 0.2) is 0 Å². The van der Waals surface area contributed by atoms with Crippen molar-refractivity contribution in [2.45, 2.75) is 10.8 Å². The molecule has 2 aromatic rings. The molecule has 156 valence electrons. The number of amides is 1. The predicted octanol–water partition coefficient (Wildman–Crippen LogP) is 2.39. The summed E-state index contributed by atoms with van der Waals surface area (Å²) in [4.78, 5) is 12.3. The summed E-state index contributed by atoms with van der Waals surface area (Å²) in [5.74, 6) is -0.225. The molecule has 1 fully saturated rings. The van der Waals surface area contributed by atoms with Crippen LogP contribution in [0.15, 0.2) is 72.1 Å². The molecule has 6 nitrogen and oxygen atoms in total. The number of carbonyl (C=O) groups excluding carboxylic acids is 1. The molecule has 0 spiro atoms. The highest BCUT2D eigenvalue weighted by Crippen LogP contribution is 2.35. The number of nitrogens with zero attached hydrogens (tertiary/aromatic N) is 1. The van der Waals surface area contributed by atoms with Crippen LogP contribution in [0.3, 0.4) is 0 Å². The minimum atomic E-state index is -3.72. The van der Waals surface area contributed by atoms with Gasteiger partial charge in [-0.25, -0.2) is 8.42 Å². The molecule has 29 heavy (non-hydrogen) atoms. The third-order valence-electron chi connectivity index (χ3n) is 5.08. The fourth-order valence-corrected chi connectivity index (χ4v) is 5.13. The molecule has 1 aliphatic rings. The molecule has 0 radical (unpaired) electrons. The molecule has 0 aliphatic carbocycles. The summed E-state index contributed by atoms with van der Waals surface area (Å²) in [5.41, 5.74) is 7.33. The molecular weight excluding hydrogens is 410 g/mol. The Bertz CT molecular complexity index is 951. The van der Waals surface area contributed by atoms with E-state index in [1.807, 2.05) is 30.3 Å². The van der Waals surface area contributed by atoms with Gasteiger partial charge in [-0.3, -0.25) is 4.79 Å². The van der Waals surface area contributed by atoms with Crippen molar-refractivity contribution < 1.29 is 13.2 Å². The van der Waals surface area contributed by atoms with Crippen LogP contribution in [0, 0.1) is 5.92 Å². The molecule has 3 N–H and O–H groups in total. The minimum Gasteiger partial charge on any atom is -0.349 e. The molecule has 3 rings (SSSR count). The lowest BCUT2D eigenvalue weighted by molar-refractivity contribution is 0.0958. The van der Waals surface area contributed by atoms with E-state index < -0.39 is 10.0 Å². The number of nitrogens with one attached hydrogen (secondary N) is 1. The zero-order chi connectivity index (χ0) is 20.1. The van der Waals surface area contributed by atoms with E-state index in [9.17, 15) is 13.2 Å². The Morgan fingerprint density at radius 2 is 1.90 bits per heavy atom. The van der Waals surface area contributed by atoms with Crippen molar-refractivity contribution in [2.75, 3.05) is 26.2 Å². The van der Waals surface area contributed by atoms with Gasteiger partial charge in [-0.1, -0.05) is 42.5 Å². The van der Waals surface area contributed by atoms with Crippen LogP contribution in [-0.4, -0.2) is 44.8 Å². The highest BCUT2D eigenvalue weighted by molar-refractivity contribution is 7.89. The zero-order valence-corrected chi connectivity index (χ0v) is 17.7. The van der Waals surface area contributed by atoms with Gasteiger partial charge in [0.25, 0.3) is 5.91 Å². The van der Waals surface area contributed by atoms with E-state index in [4.69, 9.17) is 5.73 Å². The van der Waals surface area contributed by atoms with Crippen molar-refractivity contribution in [2.24, 2.45) is 11.7 Å². The highest BCUT2D eigenvalue weighted by Gasteiger charge is 2.39. The number of hydrogen-bond acceptors (Lipinski definition) is 4. The molecular formula is C21H26ClN3O3S. The Morgan fingerprint density at radius 1 is 1.17 bits per heavy atom. The smallest absolute Gasteiger partial charge is 0.251 e. The fraction of sp³-hybridized carbons (Fsp3) is 0.286. The Hall–Kier alpha value is -2.19. The van der Waals surface area contributed by atoms with Crippen molar-refractivity contribution in [1.82, 2.24) is 9.62 Å². The van der Waals surface area contributed by atoms with Gasteiger partial charge in [-0.05, 0) is 36.2 Å². The third kappa shape index (κ3) is 5.05. The highest BCUT2D eigenvalue weighted by atomic mass is 35.5. The fourth-order valence-electron chi connectivity index (χ4n) is 3.56. The number of halogens is 1. The summed E-state index contributed by atoms with van der Waals surface area (Å²) >= 11 is 0. The summed E-state index contributed by atoms with van der Waals surface area (Å²) in [6, 6.07) is 16.0. The monoisotopic (exact) mass is 435 g/mol. The SMILES string of the molecule is C=CCNC(=O)c1cccc(S(=O)(=O)N2C[C@@H](CN)[C@H](c3ccccc3)C2)c1.Cl. The second-order valence-corrected chi connectivity index (χ2v) is 8.80. The first-order valence-corrected chi connectivity index (χ1v) is 10.7. The summed E-state index contributed by atoms with van der Waals surface area (Å²) < 4.78 is 27.9. The van der Waals surface area contributed by atoms with E-state index in [0.717, 1.165) is 5.56 Å². The number of benzene rings is 2. The summed E-state index contributed by atoms with van der Waals surface area (Å²) in [7, 11) is -3.72. The van der Waals surface area contributed by atoms with Crippen LogP contribution in [0.25, 0.3) is 0 Å². The average Bonchev–Trinajstić information content (AvgIpc) is 3.18. The van der Waals surface area contributed by atoms with E-state index in [-0.39, 0.29) is 35.0 Å². The van der Waals surface area contributed by atoms with Gasteiger partial charge < -0.3 is 11.1 Å². The first-order chi connectivity index (χ1) is 13.5. The molecule has 8 heteroatoms. The second-order valence-electron chi connectivity index (χ2n) is 6.86. The lowest BCUT2D eigenvalue weighted by Crippen LogP contribution is -2.30. The van der Waals surface area contributed by atoms with Gasteiger partial charge in [-0.15, -0.1) is 19.0 Å². The van der Waals surface area contributed by atoms with Crippen LogP contribution in [0.1, 0.15) is 21.8 Å². The second kappa shape index (κ2) is 10.0. The van der Waals surface area contributed by atoms with Gasteiger partial charge in [0.1, 0.15) is 0 Å². The third-order valence-corrected chi connectivity index (χ3v) is 6.91. The molecule has 0 saturated carbocycles. The molecule has 1 heterocycles. The molecule has 0 bridgehead atoms. The van der Waals surface area contributed by atoms with Crippen molar-refractivity contribution in [3.63, 3.8) is 0 Å². The van der Waals surface area contributed by atoms with Crippen LogP contribution in [0.5, 0.6) is 0 Å². The van der Waals surface area contributed by atoms with Crippen LogP contribution in [0.4, 0.5) is 0 Å². The number of rotatable bonds is 7. The normalized spacial score (nSPS) is 19.3. The van der Waals surface area contributed by atoms with E-state index in [1.54, 1.807) is 18.2 Å². The van der Waals surface area contributed by atoms with Crippen LogP contribution in [-0.2, 0) is 10.0 Å². The van der Waals surface area contributed by atoms with Crippen LogP contribution < -0.4 is 11.1 Å². The Labute approximate surface area is 178 Å². The molecule has 1 aliphatic heterocycles. The Kier molecular flexibility index (Phi) is 7.98.